The quantitative estimate of drug-likeness (QED) is 0.213. The van der Waals surface area contributed by atoms with Gasteiger partial charge >= 0.3 is 0 Å². The minimum atomic E-state index is -0.255. The summed E-state index contributed by atoms with van der Waals surface area (Å²) < 4.78 is 0. The average molecular weight is 523 g/mol. The van der Waals surface area contributed by atoms with Crippen LogP contribution in [0.1, 0.15) is 11.1 Å². The molecule has 0 aliphatic rings. The topological polar surface area (TPSA) is 125 Å². The highest BCUT2D eigenvalue weighted by Crippen LogP contribution is 2.26. The van der Waals surface area contributed by atoms with Crippen molar-refractivity contribution >= 4 is 81.8 Å². The summed E-state index contributed by atoms with van der Waals surface area (Å²) in [4.78, 5) is 27.3. The number of nitrogen functional groups attached to an aromatic ring is 1. The normalized spacial score (nSPS) is 10.5. The molecular formula is C23H26Cl3N7O. The number of imidazole rings is 1. The fraction of sp³-hybridized carbons (Fsp3) is 0.174. The standard InChI is InChI=1S/C23H23N7O.3ClH/c1-25-23-27-18-11-17-19(28-22(24)30-21(17)31)16(20(18)29-23)9-10-26-12-14-7-4-6-13-5-2-3-8-15(13)14;;;/h2-8,11,26H,9-10,12H2,1H3,(H2,25,27,29)(H3,24,28,30,31);3*1H. The van der Waals surface area contributed by atoms with Crippen molar-refractivity contribution in [3.63, 3.8) is 0 Å². The van der Waals surface area contributed by atoms with E-state index in [1.54, 1.807) is 13.1 Å². The second-order valence-corrected chi connectivity index (χ2v) is 7.50. The highest BCUT2D eigenvalue weighted by Gasteiger charge is 2.15. The molecule has 0 saturated carbocycles. The summed E-state index contributed by atoms with van der Waals surface area (Å²) in [5, 5.41) is 9.51. The van der Waals surface area contributed by atoms with Crippen LogP contribution < -0.4 is 21.9 Å². The number of H-pyrrole nitrogens is 2. The van der Waals surface area contributed by atoms with E-state index in [0.717, 1.165) is 23.1 Å². The third-order valence-electron chi connectivity index (χ3n) is 5.55. The molecule has 0 unspecified atom stereocenters. The van der Waals surface area contributed by atoms with Gasteiger partial charge in [0.15, 0.2) is 0 Å². The van der Waals surface area contributed by atoms with E-state index in [9.17, 15) is 4.79 Å². The molecule has 5 rings (SSSR count). The van der Waals surface area contributed by atoms with Crippen LogP contribution in [0.4, 0.5) is 11.9 Å². The number of nitrogens with two attached hydrogens (primary N) is 1. The van der Waals surface area contributed by atoms with Gasteiger partial charge in [-0.2, -0.15) is 0 Å². The number of fused-ring (bicyclic) bond motifs is 3. The van der Waals surface area contributed by atoms with Crippen molar-refractivity contribution in [2.24, 2.45) is 0 Å². The van der Waals surface area contributed by atoms with Crippen LogP contribution in [0.2, 0.25) is 0 Å². The lowest BCUT2D eigenvalue weighted by molar-refractivity contribution is 0.692. The van der Waals surface area contributed by atoms with Crippen molar-refractivity contribution in [2.45, 2.75) is 13.0 Å². The molecule has 5 aromatic rings. The molecular weight excluding hydrogens is 497 g/mol. The molecule has 11 heteroatoms. The van der Waals surface area contributed by atoms with Crippen LogP contribution in [0.15, 0.2) is 53.3 Å². The van der Waals surface area contributed by atoms with Gasteiger partial charge in [0, 0.05) is 19.2 Å². The summed E-state index contributed by atoms with van der Waals surface area (Å²) in [6.45, 7) is 1.45. The number of aromatic nitrogens is 4. The molecule has 0 bridgehead atoms. The number of rotatable bonds is 6. The van der Waals surface area contributed by atoms with Crippen LogP contribution in [0.3, 0.4) is 0 Å². The highest BCUT2D eigenvalue weighted by atomic mass is 35.5. The number of nitrogens with one attached hydrogen (secondary N) is 4. The molecule has 0 radical (unpaired) electrons. The van der Waals surface area contributed by atoms with Crippen molar-refractivity contribution in [1.29, 1.82) is 0 Å². The minimum Gasteiger partial charge on any atom is -0.369 e. The second-order valence-electron chi connectivity index (χ2n) is 7.50. The maximum atomic E-state index is 12.5. The van der Waals surface area contributed by atoms with Crippen molar-refractivity contribution in [1.82, 2.24) is 25.3 Å². The number of benzene rings is 3. The second kappa shape index (κ2) is 11.4. The molecule has 8 nitrogen and oxygen atoms in total. The predicted octanol–water partition coefficient (Wildman–Crippen LogP) is 4.17. The van der Waals surface area contributed by atoms with Crippen molar-refractivity contribution in [2.75, 3.05) is 24.6 Å². The minimum absolute atomic E-state index is 0. The number of nitrogens with zero attached hydrogens (tertiary/aromatic N) is 2. The lowest BCUT2D eigenvalue weighted by atomic mass is 10.0. The Labute approximate surface area is 214 Å². The first-order chi connectivity index (χ1) is 15.1. The number of hydrogen-bond donors (Lipinski definition) is 5. The third-order valence-corrected chi connectivity index (χ3v) is 5.55. The van der Waals surface area contributed by atoms with E-state index in [0.29, 0.717) is 29.8 Å². The monoisotopic (exact) mass is 521 g/mol. The van der Waals surface area contributed by atoms with Crippen molar-refractivity contribution < 1.29 is 0 Å². The van der Waals surface area contributed by atoms with Gasteiger partial charge < -0.3 is 21.4 Å². The van der Waals surface area contributed by atoms with Crippen LogP contribution in [-0.2, 0) is 13.0 Å². The number of anilines is 2. The first kappa shape index (κ1) is 27.2. The molecule has 6 N–H and O–H groups in total. The van der Waals surface area contributed by atoms with Gasteiger partial charge in [-0.1, -0.05) is 42.5 Å². The van der Waals surface area contributed by atoms with Gasteiger partial charge in [-0.05, 0) is 35.4 Å². The van der Waals surface area contributed by atoms with Crippen molar-refractivity contribution in [3.8, 4) is 0 Å². The number of hydrogen-bond acceptors (Lipinski definition) is 6. The summed E-state index contributed by atoms with van der Waals surface area (Å²) >= 11 is 0. The number of aromatic amines is 2. The largest absolute Gasteiger partial charge is 0.369 e. The van der Waals surface area contributed by atoms with Gasteiger partial charge in [0.05, 0.1) is 21.9 Å². The molecule has 2 aromatic heterocycles. The summed E-state index contributed by atoms with van der Waals surface area (Å²) in [6, 6.07) is 16.5. The van der Waals surface area contributed by atoms with E-state index in [1.165, 1.54) is 16.3 Å². The van der Waals surface area contributed by atoms with Gasteiger partial charge in [0.1, 0.15) is 0 Å². The van der Waals surface area contributed by atoms with Gasteiger partial charge in [0.2, 0.25) is 11.9 Å². The Morgan fingerprint density at radius 2 is 1.71 bits per heavy atom. The molecule has 0 amide bonds. The molecule has 0 spiro atoms. The summed E-state index contributed by atoms with van der Waals surface area (Å²) in [5.41, 5.74) is 9.89. The zero-order valence-corrected chi connectivity index (χ0v) is 20.8. The molecule has 3 aromatic carbocycles. The molecule has 0 saturated heterocycles. The molecule has 0 fully saturated rings. The first-order valence-corrected chi connectivity index (χ1v) is 10.2. The highest BCUT2D eigenvalue weighted by molar-refractivity contribution is 5.98. The smallest absolute Gasteiger partial charge is 0.260 e. The number of halogens is 3. The Kier molecular flexibility index (Phi) is 9.12. The van der Waals surface area contributed by atoms with Gasteiger partial charge in [-0.3, -0.25) is 9.78 Å². The molecule has 0 aliphatic carbocycles. The van der Waals surface area contributed by atoms with Crippen LogP contribution in [0.5, 0.6) is 0 Å². The Bertz CT molecular complexity index is 1480. The summed E-state index contributed by atoms with van der Waals surface area (Å²) in [7, 11) is 1.80. The van der Waals surface area contributed by atoms with Gasteiger partial charge in [-0.15, -0.1) is 37.2 Å². The fourth-order valence-corrected chi connectivity index (χ4v) is 4.08. The maximum Gasteiger partial charge on any atom is 0.260 e. The van der Waals surface area contributed by atoms with Crippen molar-refractivity contribution in [3.05, 3.63) is 70.0 Å². The van der Waals surface area contributed by atoms with E-state index in [-0.39, 0.29) is 48.7 Å². The molecule has 180 valence electrons. The zero-order chi connectivity index (χ0) is 21.4. The predicted molar refractivity (Wildman–Crippen MR) is 147 cm³/mol. The average Bonchev–Trinajstić information content (AvgIpc) is 3.20. The maximum absolute atomic E-state index is 12.5. The van der Waals surface area contributed by atoms with Crippen LogP contribution in [-0.4, -0.2) is 33.5 Å². The van der Waals surface area contributed by atoms with Gasteiger partial charge in [-0.25, -0.2) is 9.97 Å². The molecule has 34 heavy (non-hydrogen) atoms. The Hall–Kier alpha value is -3.04. The molecule has 0 atom stereocenters. The SMILES string of the molecule is CNc1nc2c(CCNCc3cccc4ccccc34)c3nc(N)[nH]c(=O)c3cc2[nH]1.Cl.Cl.Cl. The fourth-order valence-electron chi connectivity index (χ4n) is 4.08. The van der Waals surface area contributed by atoms with E-state index < -0.39 is 0 Å². The molecule has 0 aliphatic heterocycles. The summed E-state index contributed by atoms with van der Waals surface area (Å²) in [5.74, 6) is 0.742. The lowest BCUT2D eigenvalue weighted by Gasteiger charge is -2.10. The summed E-state index contributed by atoms with van der Waals surface area (Å²) in [6.07, 6.45) is 0.655. The third kappa shape index (κ3) is 5.05. The Morgan fingerprint density at radius 1 is 0.941 bits per heavy atom. The first-order valence-electron chi connectivity index (χ1n) is 10.2. The zero-order valence-electron chi connectivity index (χ0n) is 18.3. The van der Waals surface area contributed by atoms with Gasteiger partial charge in [0.25, 0.3) is 5.56 Å². The van der Waals surface area contributed by atoms with E-state index in [2.05, 4.69) is 73.0 Å². The van der Waals surface area contributed by atoms with Crippen LogP contribution in [0.25, 0.3) is 32.7 Å². The van der Waals surface area contributed by atoms with E-state index >= 15 is 0 Å². The Morgan fingerprint density at radius 3 is 2.50 bits per heavy atom. The molecule has 2 heterocycles. The Balaban J connectivity index is 0.00000136. The van der Waals surface area contributed by atoms with Crippen LogP contribution in [0, 0.1) is 0 Å². The van der Waals surface area contributed by atoms with E-state index in [1.807, 2.05) is 0 Å². The van der Waals surface area contributed by atoms with E-state index in [4.69, 9.17) is 5.73 Å². The lowest BCUT2D eigenvalue weighted by Crippen LogP contribution is -2.18. The van der Waals surface area contributed by atoms with Crippen LogP contribution >= 0.6 is 37.2 Å².